The number of aliphatic hydroxyl groups excluding tert-OH is 8. The monoisotopic (exact) mass is 344 g/mol. The number of hydrogen-bond donors (Lipinski definition) is 8. The molecule has 2 aliphatic heterocycles. The van der Waals surface area contributed by atoms with Gasteiger partial charge in [-0.15, -0.1) is 0 Å². The van der Waals surface area contributed by atoms with Gasteiger partial charge in [-0.25, -0.2) is 0 Å². The largest absolute Gasteiger partial charge is 0.394 e. The zero-order valence-electron chi connectivity index (χ0n) is 13.8. The summed E-state index contributed by atoms with van der Waals surface area (Å²) < 4.78 is 30.6. The Labute approximate surface area is 133 Å². The first-order valence-electron chi connectivity index (χ1n) is 7.86. The van der Waals surface area contributed by atoms with E-state index in [-0.39, 0.29) is 0 Å². The minimum atomic E-state index is -2.99. The molecule has 0 amide bonds. The first-order chi connectivity index (χ1) is 11.5. The smallest absolute Gasteiger partial charge is 0.189 e. The van der Waals surface area contributed by atoms with Gasteiger partial charge in [0.2, 0.25) is 0 Å². The SMILES string of the molecule is [2H][C@]1(O[C@@]2([2H])OC(CO)[C@@H](O)[C@H](O)C2O)OC(CO)[C@@H](O)C(O)C1O. The summed E-state index contributed by atoms with van der Waals surface area (Å²) in [5.41, 5.74) is 0. The molecule has 2 heterocycles. The Kier molecular flexibility index (Phi) is 5.33. The number of rotatable bonds is 4. The minimum Gasteiger partial charge on any atom is -0.394 e. The highest BCUT2D eigenvalue weighted by atomic mass is 16.8. The van der Waals surface area contributed by atoms with Crippen molar-refractivity contribution in [1.29, 1.82) is 0 Å². The summed E-state index contributed by atoms with van der Waals surface area (Å²) in [6.45, 7) is -1.74. The molecule has 0 bridgehead atoms. The normalized spacial score (nSPS) is 59.3. The highest BCUT2D eigenvalue weighted by Gasteiger charge is 2.49. The molecule has 0 aromatic heterocycles. The molecule has 5 unspecified atom stereocenters. The molecular weight excluding hydrogens is 320 g/mol. The van der Waals surface area contributed by atoms with Gasteiger partial charge in [0.1, 0.15) is 48.8 Å². The first kappa shape index (κ1) is 16.1. The predicted molar refractivity (Wildman–Crippen MR) is 68.6 cm³/mol. The Morgan fingerprint density at radius 1 is 0.652 bits per heavy atom. The minimum absolute atomic E-state index is 0.871. The van der Waals surface area contributed by atoms with Crippen molar-refractivity contribution in [2.24, 2.45) is 0 Å². The Bertz CT molecular complexity index is 428. The molecule has 0 aromatic rings. The van der Waals surface area contributed by atoms with Gasteiger partial charge in [0.25, 0.3) is 0 Å². The van der Waals surface area contributed by atoms with Crippen LogP contribution < -0.4 is 0 Å². The molecule has 0 aliphatic carbocycles. The van der Waals surface area contributed by atoms with Crippen molar-refractivity contribution in [3.8, 4) is 0 Å². The van der Waals surface area contributed by atoms with Gasteiger partial charge >= 0.3 is 0 Å². The zero-order valence-corrected chi connectivity index (χ0v) is 11.8. The second kappa shape index (κ2) is 7.63. The zero-order chi connectivity index (χ0) is 19.2. The maximum atomic E-state index is 9.94. The van der Waals surface area contributed by atoms with Crippen LogP contribution in [0.3, 0.4) is 0 Å². The van der Waals surface area contributed by atoms with E-state index in [0.717, 1.165) is 0 Å². The lowest BCUT2D eigenvalue weighted by Gasteiger charge is -2.44. The lowest BCUT2D eigenvalue weighted by atomic mass is 9.98. The molecule has 2 saturated heterocycles. The second-order valence-corrected chi connectivity index (χ2v) is 5.27. The van der Waals surface area contributed by atoms with Crippen LogP contribution in [0.1, 0.15) is 2.74 Å². The van der Waals surface area contributed by atoms with Gasteiger partial charge in [0, 0.05) is 0 Å². The molecule has 11 nitrogen and oxygen atoms in total. The summed E-state index contributed by atoms with van der Waals surface area (Å²) in [5.74, 6) is 0. The molecule has 0 radical (unpaired) electrons. The van der Waals surface area contributed by atoms with Crippen LogP contribution in [0.4, 0.5) is 0 Å². The van der Waals surface area contributed by atoms with Gasteiger partial charge in [-0.1, -0.05) is 0 Å². The predicted octanol–water partition coefficient (Wildman–Crippen LogP) is -5.40. The van der Waals surface area contributed by atoms with Crippen LogP contribution in [0.5, 0.6) is 0 Å². The first-order valence-corrected chi connectivity index (χ1v) is 6.86. The molecule has 23 heavy (non-hydrogen) atoms. The van der Waals surface area contributed by atoms with E-state index in [2.05, 4.69) is 0 Å². The molecule has 136 valence electrons. The Hall–Kier alpha value is -0.440. The van der Waals surface area contributed by atoms with E-state index in [1.165, 1.54) is 0 Å². The van der Waals surface area contributed by atoms with Crippen LogP contribution in [0, 0.1) is 0 Å². The third kappa shape index (κ3) is 3.65. The number of aliphatic hydroxyl groups is 8. The molecule has 10 atom stereocenters. The van der Waals surface area contributed by atoms with Gasteiger partial charge in [0.15, 0.2) is 12.5 Å². The summed E-state index contributed by atoms with van der Waals surface area (Å²) >= 11 is 0. The summed E-state index contributed by atoms with van der Waals surface area (Å²) in [6.07, 6.45) is -21.1. The van der Waals surface area contributed by atoms with Crippen LogP contribution in [-0.4, -0.2) is 115 Å². The quantitative estimate of drug-likeness (QED) is 0.243. The molecule has 2 rings (SSSR count). The van der Waals surface area contributed by atoms with E-state index in [9.17, 15) is 30.6 Å². The van der Waals surface area contributed by atoms with Crippen molar-refractivity contribution >= 4 is 0 Å². The summed E-state index contributed by atoms with van der Waals surface area (Å²) in [6, 6.07) is 0. The van der Waals surface area contributed by atoms with Crippen molar-refractivity contribution in [3.05, 3.63) is 0 Å². The van der Waals surface area contributed by atoms with Crippen molar-refractivity contribution in [3.63, 3.8) is 0 Å². The molecule has 11 heteroatoms. The lowest BCUT2D eigenvalue weighted by molar-refractivity contribution is -0.376. The molecule has 0 saturated carbocycles. The molecule has 2 fully saturated rings. The van der Waals surface area contributed by atoms with Gasteiger partial charge in [-0.05, 0) is 0 Å². The molecular formula is C12H22O11. The highest BCUT2D eigenvalue weighted by Crippen LogP contribution is 2.27. The van der Waals surface area contributed by atoms with E-state index in [4.69, 9.17) is 27.2 Å². The Morgan fingerprint density at radius 3 is 1.30 bits per heavy atom. The highest BCUT2D eigenvalue weighted by molar-refractivity contribution is 4.92. The van der Waals surface area contributed by atoms with E-state index in [1.54, 1.807) is 0 Å². The van der Waals surface area contributed by atoms with E-state index in [1.807, 2.05) is 0 Å². The summed E-state index contributed by atoms with van der Waals surface area (Å²) in [5, 5.41) is 77.0. The third-order valence-corrected chi connectivity index (χ3v) is 3.69. The van der Waals surface area contributed by atoms with Crippen LogP contribution in [0.25, 0.3) is 0 Å². The molecule has 8 N–H and O–H groups in total. The summed E-state index contributed by atoms with van der Waals surface area (Å²) in [4.78, 5) is 0. The Morgan fingerprint density at radius 2 is 1.00 bits per heavy atom. The van der Waals surface area contributed by atoms with Crippen molar-refractivity contribution in [1.82, 2.24) is 0 Å². The second-order valence-electron chi connectivity index (χ2n) is 5.27. The fourth-order valence-electron chi connectivity index (χ4n) is 2.23. The molecule has 0 spiro atoms. The number of hydrogen-bond acceptors (Lipinski definition) is 11. The van der Waals surface area contributed by atoms with Crippen molar-refractivity contribution in [2.75, 3.05) is 13.2 Å². The summed E-state index contributed by atoms with van der Waals surface area (Å²) in [7, 11) is 0. The van der Waals surface area contributed by atoms with Crippen LogP contribution >= 0.6 is 0 Å². The average Bonchev–Trinajstić information content (AvgIpc) is 2.58. The fourth-order valence-corrected chi connectivity index (χ4v) is 2.23. The van der Waals surface area contributed by atoms with Crippen molar-refractivity contribution < 1.29 is 57.8 Å². The van der Waals surface area contributed by atoms with E-state index < -0.39 is 74.6 Å². The maximum absolute atomic E-state index is 9.94. The van der Waals surface area contributed by atoms with Crippen LogP contribution in [0.15, 0.2) is 0 Å². The average molecular weight is 344 g/mol. The van der Waals surface area contributed by atoms with Crippen LogP contribution in [-0.2, 0) is 14.2 Å². The Balaban J connectivity index is 2.28. The van der Waals surface area contributed by atoms with Gasteiger partial charge < -0.3 is 55.1 Å². The van der Waals surface area contributed by atoms with Gasteiger partial charge in [-0.2, -0.15) is 0 Å². The fraction of sp³-hybridized carbons (Fsp3) is 1.00. The lowest BCUT2D eigenvalue weighted by Crippen LogP contribution is -2.63. The van der Waals surface area contributed by atoms with Crippen LogP contribution in [0.2, 0.25) is 0 Å². The third-order valence-electron chi connectivity index (χ3n) is 3.69. The topological polar surface area (TPSA) is 190 Å². The van der Waals surface area contributed by atoms with Crippen molar-refractivity contribution in [2.45, 2.75) is 61.4 Å². The molecule has 0 aromatic carbocycles. The standard InChI is InChI=1S/C12H22O11/c13-1-3-5(15)7(17)9(19)11(21-3)23-12-10(20)8(18)6(16)4(2-14)22-12/h3-20H,1-2H2/t3?,4?,5-,6-,7+,8?,9?,10?,11-,12-/m1/s1/i11D,12D. The molecule has 2 aliphatic rings. The van der Waals surface area contributed by atoms with E-state index in [0.29, 0.717) is 0 Å². The van der Waals surface area contributed by atoms with E-state index >= 15 is 0 Å². The number of ether oxygens (including phenoxy) is 3. The van der Waals surface area contributed by atoms with Gasteiger partial charge in [0.05, 0.1) is 16.0 Å². The van der Waals surface area contributed by atoms with Gasteiger partial charge in [-0.3, -0.25) is 0 Å². The maximum Gasteiger partial charge on any atom is 0.189 e.